The van der Waals surface area contributed by atoms with Crippen molar-refractivity contribution in [2.45, 2.75) is 45.7 Å². The standard InChI is InChI=1S/C20H27N3O3/c1-13(2)19(24)23-10-8-16(9-11-23)22-20(25)21-14(3)18-12-15-6-4-5-7-17(15)26-18/h4-7,12-14,16H,8-11H2,1-3H3,(H2,21,22,25). The first-order valence-corrected chi connectivity index (χ1v) is 9.28. The number of piperidine rings is 1. The van der Waals surface area contributed by atoms with E-state index in [9.17, 15) is 9.59 Å². The van der Waals surface area contributed by atoms with Gasteiger partial charge in [-0.05, 0) is 31.9 Å². The Morgan fingerprint density at radius 1 is 1.15 bits per heavy atom. The monoisotopic (exact) mass is 357 g/mol. The van der Waals surface area contributed by atoms with Crippen molar-refractivity contribution >= 4 is 22.9 Å². The third kappa shape index (κ3) is 4.18. The van der Waals surface area contributed by atoms with Gasteiger partial charge in [0.2, 0.25) is 5.91 Å². The van der Waals surface area contributed by atoms with Crippen LogP contribution in [-0.4, -0.2) is 36.0 Å². The van der Waals surface area contributed by atoms with Gasteiger partial charge in [0.15, 0.2) is 0 Å². The first kappa shape index (κ1) is 18.3. The molecule has 1 aromatic heterocycles. The normalized spacial score (nSPS) is 16.7. The van der Waals surface area contributed by atoms with Gasteiger partial charge in [-0.2, -0.15) is 0 Å². The summed E-state index contributed by atoms with van der Waals surface area (Å²) in [7, 11) is 0. The van der Waals surface area contributed by atoms with Crippen LogP contribution in [0.1, 0.15) is 45.4 Å². The average molecular weight is 357 g/mol. The molecule has 1 atom stereocenters. The minimum Gasteiger partial charge on any atom is -0.459 e. The topological polar surface area (TPSA) is 74.6 Å². The minimum atomic E-state index is -0.218. The zero-order valence-electron chi connectivity index (χ0n) is 15.6. The van der Waals surface area contributed by atoms with Gasteiger partial charge in [0, 0.05) is 30.4 Å². The molecular weight excluding hydrogens is 330 g/mol. The highest BCUT2D eigenvalue weighted by atomic mass is 16.3. The Morgan fingerprint density at radius 3 is 2.50 bits per heavy atom. The van der Waals surface area contributed by atoms with Crippen LogP contribution in [0.4, 0.5) is 4.79 Å². The van der Waals surface area contributed by atoms with E-state index in [1.54, 1.807) is 0 Å². The van der Waals surface area contributed by atoms with Gasteiger partial charge in [-0.1, -0.05) is 32.0 Å². The summed E-state index contributed by atoms with van der Waals surface area (Å²) in [4.78, 5) is 26.2. The van der Waals surface area contributed by atoms with Crippen LogP contribution in [0.2, 0.25) is 0 Å². The molecule has 1 aliphatic heterocycles. The lowest BCUT2D eigenvalue weighted by atomic mass is 10.0. The molecule has 26 heavy (non-hydrogen) atoms. The molecule has 6 nitrogen and oxygen atoms in total. The fraction of sp³-hybridized carbons (Fsp3) is 0.500. The highest BCUT2D eigenvalue weighted by molar-refractivity contribution is 5.79. The molecule has 0 radical (unpaired) electrons. The first-order chi connectivity index (χ1) is 12.4. The SMILES string of the molecule is CC(C)C(=O)N1CCC(NC(=O)NC(C)c2cc3ccccc3o2)CC1. The number of carbonyl (C=O) groups is 2. The molecular formula is C20H27N3O3. The van der Waals surface area contributed by atoms with Gasteiger partial charge in [0.25, 0.3) is 0 Å². The molecule has 0 aliphatic carbocycles. The van der Waals surface area contributed by atoms with Gasteiger partial charge in [-0.3, -0.25) is 4.79 Å². The van der Waals surface area contributed by atoms with Crippen molar-refractivity contribution < 1.29 is 14.0 Å². The van der Waals surface area contributed by atoms with Gasteiger partial charge >= 0.3 is 6.03 Å². The average Bonchev–Trinajstić information content (AvgIpc) is 3.06. The maximum absolute atomic E-state index is 12.3. The zero-order chi connectivity index (χ0) is 18.7. The molecule has 140 valence electrons. The summed E-state index contributed by atoms with van der Waals surface area (Å²) in [5.74, 6) is 0.942. The second-order valence-electron chi connectivity index (χ2n) is 7.28. The zero-order valence-corrected chi connectivity index (χ0v) is 15.6. The molecule has 2 aromatic rings. The van der Waals surface area contributed by atoms with Crippen molar-refractivity contribution in [2.24, 2.45) is 5.92 Å². The van der Waals surface area contributed by atoms with Crippen molar-refractivity contribution in [3.05, 3.63) is 36.1 Å². The van der Waals surface area contributed by atoms with Crippen molar-refractivity contribution in [1.29, 1.82) is 0 Å². The number of amides is 3. The molecule has 3 rings (SSSR count). The van der Waals surface area contributed by atoms with Gasteiger partial charge in [0.1, 0.15) is 11.3 Å². The van der Waals surface area contributed by atoms with Crippen LogP contribution >= 0.6 is 0 Å². The Hall–Kier alpha value is -2.50. The van der Waals surface area contributed by atoms with Crippen LogP contribution in [0.25, 0.3) is 11.0 Å². The van der Waals surface area contributed by atoms with Gasteiger partial charge in [-0.25, -0.2) is 4.79 Å². The number of hydrogen-bond acceptors (Lipinski definition) is 3. The number of urea groups is 1. The molecule has 3 amide bonds. The second-order valence-corrected chi connectivity index (χ2v) is 7.28. The lowest BCUT2D eigenvalue weighted by Gasteiger charge is -2.33. The van der Waals surface area contributed by atoms with Crippen molar-refractivity contribution in [2.75, 3.05) is 13.1 Å². The number of benzene rings is 1. The van der Waals surface area contributed by atoms with Gasteiger partial charge in [-0.15, -0.1) is 0 Å². The van der Waals surface area contributed by atoms with Crippen LogP contribution in [0.15, 0.2) is 34.7 Å². The molecule has 0 bridgehead atoms. The van der Waals surface area contributed by atoms with E-state index in [2.05, 4.69) is 10.6 Å². The maximum Gasteiger partial charge on any atom is 0.315 e. The number of rotatable bonds is 4. The second kappa shape index (κ2) is 7.81. The fourth-order valence-electron chi connectivity index (χ4n) is 3.32. The molecule has 0 saturated carbocycles. The quantitative estimate of drug-likeness (QED) is 0.880. The lowest BCUT2D eigenvalue weighted by molar-refractivity contribution is -0.135. The summed E-state index contributed by atoms with van der Waals surface area (Å²) in [6.07, 6.45) is 1.57. The third-order valence-electron chi connectivity index (χ3n) is 4.85. The molecule has 1 saturated heterocycles. The van der Waals surface area contributed by atoms with Crippen LogP contribution < -0.4 is 10.6 Å². The van der Waals surface area contributed by atoms with E-state index >= 15 is 0 Å². The number of carbonyl (C=O) groups excluding carboxylic acids is 2. The Balaban J connectivity index is 1.49. The summed E-state index contributed by atoms with van der Waals surface area (Å²) in [6, 6.07) is 9.42. The number of nitrogens with zero attached hydrogens (tertiary/aromatic N) is 1. The van der Waals surface area contributed by atoms with Crippen LogP contribution in [0.3, 0.4) is 0 Å². The maximum atomic E-state index is 12.3. The Morgan fingerprint density at radius 2 is 1.85 bits per heavy atom. The molecule has 2 N–H and O–H groups in total. The number of furan rings is 1. The molecule has 1 aromatic carbocycles. The number of para-hydroxylation sites is 1. The Kier molecular flexibility index (Phi) is 5.49. The van der Waals surface area contributed by atoms with Crippen molar-refractivity contribution in [3.8, 4) is 0 Å². The van der Waals surface area contributed by atoms with E-state index in [4.69, 9.17) is 4.42 Å². The van der Waals surface area contributed by atoms with E-state index in [0.717, 1.165) is 29.6 Å². The smallest absolute Gasteiger partial charge is 0.315 e. The summed E-state index contributed by atoms with van der Waals surface area (Å²) >= 11 is 0. The van der Waals surface area contributed by atoms with E-state index in [-0.39, 0.29) is 29.9 Å². The van der Waals surface area contributed by atoms with E-state index in [0.29, 0.717) is 13.1 Å². The predicted octanol–water partition coefficient (Wildman–Crippen LogP) is 3.44. The molecule has 2 heterocycles. The van der Waals surface area contributed by atoms with Crippen LogP contribution in [0.5, 0.6) is 0 Å². The largest absolute Gasteiger partial charge is 0.459 e. The lowest BCUT2D eigenvalue weighted by Crippen LogP contribution is -2.50. The van der Waals surface area contributed by atoms with Crippen molar-refractivity contribution in [1.82, 2.24) is 15.5 Å². The fourth-order valence-corrected chi connectivity index (χ4v) is 3.32. The number of fused-ring (bicyclic) bond motifs is 1. The third-order valence-corrected chi connectivity index (χ3v) is 4.85. The van der Waals surface area contributed by atoms with Crippen molar-refractivity contribution in [3.63, 3.8) is 0 Å². The van der Waals surface area contributed by atoms with Gasteiger partial charge < -0.3 is 20.0 Å². The van der Waals surface area contributed by atoms with E-state index in [1.165, 1.54) is 0 Å². The highest BCUT2D eigenvalue weighted by Crippen LogP contribution is 2.23. The number of nitrogens with one attached hydrogen (secondary N) is 2. The molecule has 1 fully saturated rings. The van der Waals surface area contributed by atoms with Crippen LogP contribution in [-0.2, 0) is 4.79 Å². The molecule has 1 unspecified atom stereocenters. The van der Waals surface area contributed by atoms with Gasteiger partial charge in [0.05, 0.1) is 6.04 Å². The van der Waals surface area contributed by atoms with E-state index in [1.807, 2.05) is 56.0 Å². The van der Waals surface area contributed by atoms with Crippen LogP contribution in [0, 0.1) is 5.92 Å². The summed E-state index contributed by atoms with van der Waals surface area (Å²) < 4.78 is 5.80. The summed E-state index contributed by atoms with van der Waals surface area (Å²) in [5.41, 5.74) is 0.818. The number of hydrogen-bond donors (Lipinski definition) is 2. The highest BCUT2D eigenvalue weighted by Gasteiger charge is 2.25. The Labute approximate surface area is 153 Å². The summed E-state index contributed by atoms with van der Waals surface area (Å²) in [6.45, 7) is 7.13. The molecule has 1 aliphatic rings. The first-order valence-electron chi connectivity index (χ1n) is 9.28. The predicted molar refractivity (Wildman–Crippen MR) is 101 cm³/mol. The summed E-state index contributed by atoms with van der Waals surface area (Å²) in [5, 5.41) is 6.97. The minimum absolute atomic E-state index is 0.0208. The van der Waals surface area contributed by atoms with E-state index < -0.39 is 0 Å². The Bertz CT molecular complexity index is 742. The molecule has 6 heteroatoms. The molecule has 0 spiro atoms. The number of likely N-dealkylation sites (tertiary alicyclic amines) is 1.